The Bertz CT molecular complexity index is 860. The topological polar surface area (TPSA) is 48.2 Å². The summed E-state index contributed by atoms with van der Waals surface area (Å²) in [5.74, 6) is 0.839. The second-order valence-corrected chi connectivity index (χ2v) is 5.31. The fourth-order valence-corrected chi connectivity index (χ4v) is 2.58. The number of benzene rings is 2. The van der Waals surface area contributed by atoms with Crippen molar-refractivity contribution in [3.8, 4) is 5.75 Å². The van der Waals surface area contributed by atoms with Crippen molar-refractivity contribution in [2.24, 2.45) is 14.1 Å². The Labute approximate surface area is 128 Å². The molecule has 3 rings (SSSR count). The molecule has 5 nitrogen and oxygen atoms in total. The van der Waals surface area contributed by atoms with Crippen LogP contribution >= 0.6 is 0 Å². The van der Waals surface area contributed by atoms with Gasteiger partial charge in [-0.3, -0.25) is 9.13 Å². The highest BCUT2D eigenvalue weighted by Crippen LogP contribution is 2.18. The number of aromatic nitrogens is 2. The van der Waals surface area contributed by atoms with E-state index in [-0.39, 0.29) is 5.69 Å². The Hall–Kier alpha value is -2.69. The average Bonchev–Trinajstić information content (AvgIpc) is 2.78. The summed E-state index contributed by atoms with van der Waals surface area (Å²) in [6.07, 6.45) is 0. The summed E-state index contributed by atoms with van der Waals surface area (Å²) < 4.78 is 8.48. The van der Waals surface area contributed by atoms with Crippen LogP contribution in [0.3, 0.4) is 0 Å². The molecule has 0 atom stereocenters. The first-order valence-corrected chi connectivity index (χ1v) is 7.12. The number of methoxy groups -OCH3 is 1. The van der Waals surface area contributed by atoms with E-state index in [4.69, 9.17) is 4.74 Å². The number of ether oxygens (including phenoxy) is 1. The van der Waals surface area contributed by atoms with Crippen molar-refractivity contribution in [3.63, 3.8) is 0 Å². The van der Waals surface area contributed by atoms with Crippen molar-refractivity contribution >= 4 is 16.7 Å². The number of hydrogen-bond donors (Lipinski definition) is 1. The Morgan fingerprint density at radius 1 is 1.00 bits per heavy atom. The normalized spacial score (nSPS) is 10.9. The Morgan fingerprint density at radius 3 is 2.36 bits per heavy atom. The van der Waals surface area contributed by atoms with E-state index in [0.717, 1.165) is 28.0 Å². The van der Waals surface area contributed by atoms with Crippen molar-refractivity contribution in [1.82, 2.24) is 9.13 Å². The van der Waals surface area contributed by atoms with E-state index in [0.29, 0.717) is 6.54 Å². The summed E-state index contributed by atoms with van der Waals surface area (Å²) in [6, 6.07) is 13.9. The van der Waals surface area contributed by atoms with E-state index in [1.54, 1.807) is 30.3 Å². The zero-order valence-corrected chi connectivity index (χ0v) is 13.0. The molecule has 3 aromatic rings. The molecular weight excluding hydrogens is 278 g/mol. The van der Waals surface area contributed by atoms with Crippen LogP contribution in [0.1, 0.15) is 5.56 Å². The molecule has 5 heteroatoms. The summed E-state index contributed by atoms with van der Waals surface area (Å²) in [5, 5.41) is 3.37. The van der Waals surface area contributed by atoms with Crippen molar-refractivity contribution in [3.05, 3.63) is 58.5 Å². The minimum absolute atomic E-state index is 0.00439. The van der Waals surface area contributed by atoms with Gasteiger partial charge in [-0.15, -0.1) is 0 Å². The zero-order valence-electron chi connectivity index (χ0n) is 13.0. The van der Waals surface area contributed by atoms with Gasteiger partial charge in [0, 0.05) is 26.3 Å². The summed E-state index contributed by atoms with van der Waals surface area (Å²) in [5.41, 5.74) is 4.05. The van der Waals surface area contributed by atoms with Gasteiger partial charge in [0.25, 0.3) is 0 Å². The predicted octanol–water partition coefficient (Wildman–Crippen LogP) is 2.50. The van der Waals surface area contributed by atoms with Crippen LogP contribution in [0.4, 0.5) is 5.69 Å². The van der Waals surface area contributed by atoms with Crippen LogP contribution in [-0.4, -0.2) is 16.2 Å². The molecule has 2 aromatic carbocycles. The number of nitrogens with one attached hydrogen (secondary N) is 1. The van der Waals surface area contributed by atoms with Crippen LogP contribution in [0.2, 0.25) is 0 Å². The molecule has 0 aliphatic carbocycles. The molecule has 0 unspecified atom stereocenters. The van der Waals surface area contributed by atoms with Gasteiger partial charge in [-0.25, -0.2) is 4.79 Å². The molecule has 0 aliphatic heterocycles. The van der Waals surface area contributed by atoms with Gasteiger partial charge in [-0.05, 0) is 42.0 Å². The molecule has 0 aliphatic rings. The SMILES string of the molecule is COc1ccc(NCc2ccc3c(c2)n(C)c(=O)n3C)cc1. The summed E-state index contributed by atoms with van der Waals surface area (Å²) >= 11 is 0. The van der Waals surface area contributed by atoms with Gasteiger partial charge in [0.05, 0.1) is 18.1 Å². The molecule has 1 heterocycles. The van der Waals surface area contributed by atoms with Crippen molar-refractivity contribution in [1.29, 1.82) is 0 Å². The van der Waals surface area contributed by atoms with Gasteiger partial charge in [-0.1, -0.05) is 6.07 Å². The van der Waals surface area contributed by atoms with Gasteiger partial charge < -0.3 is 10.1 Å². The van der Waals surface area contributed by atoms with Gasteiger partial charge >= 0.3 is 5.69 Å². The molecule has 114 valence electrons. The maximum absolute atomic E-state index is 11.9. The third-order valence-corrected chi connectivity index (χ3v) is 3.92. The van der Waals surface area contributed by atoms with Gasteiger partial charge in [0.15, 0.2) is 0 Å². The van der Waals surface area contributed by atoms with Gasteiger partial charge in [-0.2, -0.15) is 0 Å². The molecular formula is C17H19N3O2. The molecule has 0 spiro atoms. The average molecular weight is 297 g/mol. The molecule has 22 heavy (non-hydrogen) atoms. The monoisotopic (exact) mass is 297 g/mol. The highest BCUT2D eigenvalue weighted by Gasteiger charge is 2.07. The fraction of sp³-hybridized carbons (Fsp3) is 0.235. The zero-order chi connectivity index (χ0) is 15.7. The quantitative estimate of drug-likeness (QED) is 0.805. The second-order valence-electron chi connectivity index (χ2n) is 5.31. The lowest BCUT2D eigenvalue weighted by Gasteiger charge is -2.08. The maximum atomic E-state index is 11.9. The van der Waals surface area contributed by atoms with E-state index in [2.05, 4.69) is 5.32 Å². The number of rotatable bonds is 4. The smallest absolute Gasteiger partial charge is 0.328 e. The molecule has 0 bridgehead atoms. The first kappa shape index (κ1) is 14.3. The minimum Gasteiger partial charge on any atom is -0.497 e. The molecule has 0 saturated carbocycles. The van der Waals surface area contributed by atoms with E-state index in [1.807, 2.05) is 42.5 Å². The lowest BCUT2D eigenvalue weighted by molar-refractivity contribution is 0.415. The largest absolute Gasteiger partial charge is 0.497 e. The fourth-order valence-electron chi connectivity index (χ4n) is 2.58. The Morgan fingerprint density at radius 2 is 1.68 bits per heavy atom. The van der Waals surface area contributed by atoms with Crippen LogP contribution in [0.15, 0.2) is 47.3 Å². The third kappa shape index (κ3) is 2.45. The van der Waals surface area contributed by atoms with E-state index in [9.17, 15) is 4.79 Å². The molecule has 0 amide bonds. The highest BCUT2D eigenvalue weighted by molar-refractivity contribution is 5.76. The van der Waals surface area contributed by atoms with E-state index >= 15 is 0 Å². The summed E-state index contributed by atoms with van der Waals surface area (Å²) in [4.78, 5) is 11.9. The number of fused-ring (bicyclic) bond motifs is 1. The van der Waals surface area contributed by atoms with E-state index < -0.39 is 0 Å². The molecule has 1 N–H and O–H groups in total. The van der Waals surface area contributed by atoms with Crippen molar-refractivity contribution < 1.29 is 4.74 Å². The number of aryl methyl sites for hydroxylation is 2. The summed E-state index contributed by atoms with van der Waals surface area (Å²) in [6.45, 7) is 0.700. The van der Waals surface area contributed by atoms with Crippen LogP contribution < -0.4 is 15.7 Å². The van der Waals surface area contributed by atoms with Crippen molar-refractivity contribution in [2.45, 2.75) is 6.54 Å². The molecule has 1 aromatic heterocycles. The third-order valence-electron chi connectivity index (χ3n) is 3.92. The molecule has 0 radical (unpaired) electrons. The minimum atomic E-state index is -0.00439. The van der Waals surface area contributed by atoms with Crippen LogP contribution in [0.25, 0.3) is 11.0 Å². The summed E-state index contributed by atoms with van der Waals surface area (Å²) in [7, 11) is 5.24. The Balaban J connectivity index is 1.81. The highest BCUT2D eigenvalue weighted by atomic mass is 16.5. The molecule has 0 fully saturated rings. The van der Waals surface area contributed by atoms with Crippen LogP contribution in [0, 0.1) is 0 Å². The number of hydrogen-bond acceptors (Lipinski definition) is 3. The van der Waals surface area contributed by atoms with Crippen molar-refractivity contribution in [2.75, 3.05) is 12.4 Å². The number of imidazole rings is 1. The standard InChI is InChI=1S/C17H19N3O2/c1-19-15-9-4-12(10-16(15)20(2)17(19)21)11-18-13-5-7-14(22-3)8-6-13/h4-10,18H,11H2,1-3H3. The van der Waals surface area contributed by atoms with Gasteiger partial charge in [0.2, 0.25) is 0 Å². The van der Waals surface area contributed by atoms with Gasteiger partial charge in [0.1, 0.15) is 5.75 Å². The maximum Gasteiger partial charge on any atom is 0.328 e. The lowest BCUT2D eigenvalue weighted by Crippen LogP contribution is -2.19. The predicted molar refractivity (Wildman–Crippen MR) is 88.5 cm³/mol. The van der Waals surface area contributed by atoms with Crippen LogP contribution in [0.5, 0.6) is 5.75 Å². The molecule has 0 saturated heterocycles. The first-order chi connectivity index (χ1) is 10.6. The Kier molecular flexibility index (Phi) is 3.63. The number of nitrogens with zero attached hydrogens (tertiary/aromatic N) is 2. The van der Waals surface area contributed by atoms with Crippen LogP contribution in [-0.2, 0) is 20.6 Å². The first-order valence-electron chi connectivity index (χ1n) is 7.12. The number of anilines is 1. The lowest BCUT2D eigenvalue weighted by atomic mass is 10.2. The second kappa shape index (κ2) is 5.60. The van der Waals surface area contributed by atoms with E-state index in [1.165, 1.54) is 0 Å².